The average molecular weight is 278 g/mol. The number of halogens is 1. The molecule has 5 heteroatoms. The Morgan fingerprint density at radius 3 is 2.83 bits per heavy atom. The summed E-state index contributed by atoms with van der Waals surface area (Å²) >= 11 is 7.62. The number of rotatable bonds is 3. The molecule has 0 saturated heterocycles. The highest BCUT2D eigenvalue weighted by Gasteiger charge is 2.10. The van der Waals surface area contributed by atoms with Crippen molar-refractivity contribution in [3.63, 3.8) is 0 Å². The zero-order valence-corrected chi connectivity index (χ0v) is 11.6. The van der Waals surface area contributed by atoms with Crippen LogP contribution in [-0.4, -0.2) is 4.98 Å². The van der Waals surface area contributed by atoms with E-state index in [0.29, 0.717) is 10.6 Å². The minimum absolute atomic E-state index is 0.118. The SMILES string of the molecule is Cc1csc(C(C)Nc2ccc(C#N)c(Cl)c2)n1. The zero-order valence-electron chi connectivity index (χ0n) is 10.1. The van der Waals surface area contributed by atoms with Gasteiger partial charge in [0.25, 0.3) is 0 Å². The number of nitriles is 1. The molecule has 3 nitrogen and oxygen atoms in total. The van der Waals surface area contributed by atoms with Crippen LogP contribution in [0.25, 0.3) is 0 Å². The lowest BCUT2D eigenvalue weighted by molar-refractivity contribution is 0.864. The van der Waals surface area contributed by atoms with Gasteiger partial charge in [0.2, 0.25) is 0 Å². The summed E-state index contributed by atoms with van der Waals surface area (Å²) in [5.41, 5.74) is 2.40. The van der Waals surface area contributed by atoms with E-state index in [4.69, 9.17) is 16.9 Å². The molecule has 1 heterocycles. The topological polar surface area (TPSA) is 48.7 Å². The van der Waals surface area contributed by atoms with Gasteiger partial charge in [-0.25, -0.2) is 4.98 Å². The van der Waals surface area contributed by atoms with Gasteiger partial charge in [-0.05, 0) is 32.0 Å². The Morgan fingerprint density at radius 1 is 1.50 bits per heavy atom. The van der Waals surface area contributed by atoms with Gasteiger partial charge in [-0.15, -0.1) is 11.3 Å². The van der Waals surface area contributed by atoms with Crippen LogP contribution in [0.5, 0.6) is 0 Å². The number of anilines is 1. The van der Waals surface area contributed by atoms with Crippen molar-refractivity contribution in [2.24, 2.45) is 0 Å². The first-order valence-corrected chi connectivity index (χ1v) is 6.74. The van der Waals surface area contributed by atoms with Gasteiger partial charge in [0.1, 0.15) is 11.1 Å². The van der Waals surface area contributed by atoms with E-state index in [1.807, 2.05) is 31.4 Å². The summed E-state index contributed by atoms with van der Waals surface area (Å²) in [4.78, 5) is 4.43. The normalized spacial score (nSPS) is 11.9. The molecule has 1 aromatic carbocycles. The van der Waals surface area contributed by atoms with Crippen molar-refractivity contribution in [3.05, 3.63) is 44.9 Å². The lowest BCUT2D eigenvalue weighted by Crippen LogP contribution is -2.06. The van der Waals surface area contributed by atoms with E-state index >= 15 is 0 Å². The molecule has 0 aliphatic carbocycles. The van der Waals surface area contributed by atoms with Gasteiger partial charge in [0.15, 0.2) is 0 Å². The van der Waals surface area contributed by atoms with Crippen molar-refractivity contribution in [2.75, 3.05) is 5.32 Å². The van der Waals surface area contributed by atoms with Gasteiger partial charge in [0, 0.05) is 16.8 Å². The minimum atomic E-state index is 0.118. The third-order valence-corrected chi connectivity index (χ3v) is 3.94. The highest BCUT2D eigenvalue weighted by molar-refractivity contribution is 7.09. The van der Waals surface area contributed by atoms with Crippen molar-refractivity contribution in [3.8, 4) is 6.07 Å². The molecule has 1 aromatic heterocycles. The molecular weight excluding hydrogens is 266 g/mol. The molecule has 0 bridgehead atoms. The van der Waals surface area contributed by atoms with Crippen LogP contribution in [0.15, 0.2) is 23.6 Å². The quantitative estimate of drug-likeness (QED) is 0.917. The largest absolute Gasteiger partial charge is 0.376 e. The molecule has 0 fully saturated rings. The molecule has 0 aliphatic heterocycles. The predicted octanol–water partition coefficient (Wildman–Crippen LogP) is 4.15. The van der Waals surface area contributed by atoms with E-state index in [-0.39, 0.29) is 6.04 Å². The molecule has 2 aromatic rings. The molecule has 0 radical (unpaired) electrons. The van der Waals surface area contributed by atoms with Crippen LogP contribution in [0.4, 0.5) is 5.69 Å². The number of aryl methyl sites for hydroxylation is 1. The van der Waals surface area contributed by atoms with Crippen molar-refractivity contribution >= 4 is 28.6 Å². The van der Waals surface area contributed by atoms with Crippen LogP contribution in [0.2, 0.25) is 5.02 Å². The summed E-state index contributed by atoms with van der Waals surface area (Å²) in [6.07, 6.45) is 0. The van der Waals surface area contributed by atoms with Crippen molar-refractivity contribution in [1.82, 2.24) is 4.98 Å². The van der Waals surface area contributed by atoms with Gasteiger partial charge in [-0.2, -0.15) is 5.26 Å². The number of nitrogens with zero attached hydrogens (tertiary/aromatic N) is 2. The number of aromatic nitrogens is 1. The summed E-state index contributed by atoms with van der Waals surface area (Å²) in [6, 6.07) is 7.48. The van der Waals surface area contributed by atoms with Crippen molar-refractivity contribution in [1.29, 1.82) is 5.26 Å². The molecule has 92 valence electrons. The fourth-order valence-electron chi connectivity index (χ4n) is 1.58. The van der Waals surface area contributed by atoms with E-state index in [9.17, 15) is 0 Å². The number of benzene rings is 1. The molecule has 0 spiro atoms. The Kier molecular flexibility index (Phi) is 3.85. The first kappa shape index (κ1) is 12.9. The second kappa shape index (κ2) is 5.38. The second-order valence-corrected chi connectivity index (χ2v) is 5.30. The second-order valence-electron chi connectivity index (χ2n) is 4.00. The first-order chi connectivity index (χ1) is 8.60. The summed E-state index contributed by atoms with van der Waals surface area (Å²) in [7, 11) is 0. The number of hydrogen-bond donors (Lipinski definition) is 1. The van der Waals surface area contributed by atoms with E-state index in [0.717, 1.165) is 16.4 Å². The van der Waals surface area contributed by atoms with Crippen LogP contribution in [0.1, 0.15) is 29.2 Å². The summed E-state index contributed by atoms with van der Waals surface area (Å²) in [6.45, 7) is 4.02. The first-order valence-electron chi connectivity index (χ1n) is 5.48. The van der Waals surface area contributed by atoms with Gasteiger partial charge >= 0.3 is 0 Å². The maximum absolute atomic E-state index is 8.81. The van der Waals surface area contributed by atoms with E-state index in [1.165, 1.54) is 0 Å². The van der Waals surface area contributed by atoms with E-state index < -0.39 is 0 Å². The third-order valence-electron chi connectivity index (χ3n) is 2.48. The molecule has 1 atom stereocenters. The predicted molar refractivity (Wildman–Crippen MR) is 75.1 cm³/mol. The minimum Gasteiger partial charge on any atom is -0.376 e. The molecule has 1 N–H and O–H groups in total. The number of thiazole rings is 1. The van der Waals surface area contributed by atoms with Crippen LogP contribution >= 0.6 is 22.9 Å². The standard InChI is InChI=1S/C13H12ClN3S/c1-8-7-18-13(16-8)9(2)17-11-4-3-10(6-15)12(14)5-11/h3-5,7,9,17H,1-2H3. The van der Waals surface area contributed by atoms with Gasteiger partial charge < -0.3 is 5.32 Å². The molecule has 18 heavy (non-hydrogen) atoms. The Hall–Kier alpha value is -1.57. The lowest BCUT2D eigenvalue weighted by Gasteiger charge is -2.13. The maximum atomic E-state index is 8.81. The van der Waals surface area contributed by atoms with Gasteiger partial charge in [-0.1, -0.05) is 11.6 Å². The smallest absolute Gasteiger partial charge is 0.115 e. The zero-order chi connectivity index (χ0) is 13.1. The van der Waals surface area contributed by atoms with Crippen LogP contribution in [-0.2, 0) is 0 Å². The summed E-state index contributed by atoms with van der Waals surface area (Å²) in [5, 5.41) is 15.7. The molecule has 0 amide bonds. The number of hydrogen-bond acceptors (Lipinski definition) is 4. The van der Waals surface area contributed by atoms with Crippen LogP contribution < -0.4 is 5.32 Å². The molecular formula is C13H12ClN3S. The number of nitrogens with one attached hydrogen (secondary N) is 1. The van der Waals surface area contributed by atoms with Crippen molar-refractivity contribution < 1.29 is 0 Å². The van der Waals surface area contributed by atoms with Crippen LogP contribution in [0.3, 0.4) is 0 Å². The highest BCUT2D eigenvalue weighted by Crippen LogP contribution is 2.25. The lowest BCUT2D eigenvalue weighted by atomic mass is 10.2. The summed E-state index contributed by atoms with van der Waals surface area (Å²) < 4.78 is 0. The maximum Gasteiger partial charge on any atom is 0.115 e. The Balaban J connectivity index is 2.15. The fourth-order valence-corrected chi connectivity index (χ4v) is 2.60. The molecule has 2 rings (SSSR count). The van der Waals surface area contributed by atoms with Gasteiger partial charge in [-0.3, -0.25) is 0 Å². The average Bonchev–Trinajstić information content (AvgIpc) is 2.76. The van der Waals surface area contributed by atoms with E-state index in [2.05, 4.69) is 10.3 Å². The third kappa shape index (κ3) is 2.81. The Bertz CT molecular complexity index is 601. The van der Waals surface area contributed by atoms with Gasteiger partial charge in [0.05, 0.1) is 16.6 Å². The monoisotopic (exact) mass is 277 g/mol. The molecule has 1 unspecified atom stereocenters. The Morgan fingerprint density at radius 2 is 2.28 bits per heavy atom. The fraction of sp³-hybridized carbons (Fsp3) is 0.231. The molecule has 0 saturated carbocycles. The van der Waals surface area contributed by atoms with E-state index in [1.54, 1.807) is 23.5 Å². The Labute approximate surface area is 115 Å². The highest BCUT2D eigenvalue weighted by atomic mass is 35.5. The summed E-state index contributed by atoms with van der Waals surface area (Å²) in [5.74, 6) is 0. The van der Waals surface area contributed by atoms with Crippen LogP contribution in [0, 0.1) is 18.3 Å². The van der Waals surface area contributed by atoms with Crippen molar-refractivity contribution in [2.45, 2.75) is 19.9 Å². The molecule has 0 aliphatic rings.